The Morgan fingerprint density at radius 1 is 1.13 bits per heavy atom. The maximum atomic E-state index is 12.7. The van der Waals surface area contributed by atoms with Gasteiger partial charge in [-0.1, -0.05) is 18.2 Å². The number of carbonyl (C=O) groups excluding carboxylic acids is 2. The third-order valence-corrected chi connectivity index (χ3v) is 5.17. The number of aromatic hydroxyl groups is 1. The largest absolute Gasteiger partial charge is 0.500 e. The molecule has 3 rings (SSSR count). The Bertz CT molecular complexity index is 1130. The predicted octanol–water partition coefficient (Wildman–Crippen LogP) is 3.84. The summed E-state index contributed by atoms with van der Waals surface area (Å²) in [6, 6.07) is 8.11. The quantitative estimate of drug-likeness (QED) is 0.380. The summed E-state index contributed by atoms with van der Waals surface area (Å²) in [6.45, 7) is 1.48. The minimum atomic E-state index is -0.796. The van der Waals surface area contributed by atoms with Crippen molar-refractivity contribution < 1.29 is 29.3 Å². The van der Waals surface area contributed by atoms with Gasteiger partial charge in [0.2, 0.25) is 5.75 Å². The number of phenolic OH excluding ortho intramolecular Hbond substituents is 1. The van der Waals surface area contributed by atoms with Crippen molar-refractivity contribution in [1.82, 2.24) is 4.90 Å². The van der Waals surface area contributed by atoms with Crippen LogP contribution in [-0.4, -0.2) is 37.6 Å². The fourth-order valence-electron chi connectivity index (χ4n) is 2.88. The van der Waals surface area contributed by atoms with Crippen LogP contribution >= 0.6 is 11.8 Å². The van der Waals surface area contributed by atoms with Crippen LogP contribution in [0.25, 0.3) is 6.08 Å². The summed E-state index contributed by atoms with van der Waals surface area (Å²) in [5, 5.41) is 31.7. The lowest BCUT2D eigenvalue weighted by Crippen LogP contribution is -2.27. The molecule has 12 heteroatoms. The number of ether oxygens (including phenoxy) is 1. The fourth-order valence-corrected chi connectivity index (χ4v) is 3.72. The van der Waals surface area contributed by atoms with Crippen molar-refractivity contribution >= 4 is 40.4 Å². The smallest absolute Gasteiger partial charge is 0.315 e. The highest BCUT2D eigenvalue weighted by Crippen LogP contribution is 2.40. The number of nitro groups is 2. The number of hydrogen-bond acceptors (Lipinski definition) is 9. The maximum absolute atomic E-state index is 12.7. The number of nitrogens with zero attached hydrogens (tertiary/aromatic N) is 3. The second-order valence-corrected chi connectivity index (χ2v) is 7.22. The Labute approximate surface area is 179 Å². The molecular formula is C19H15N3O8S. The van der Waals surface area contributed by atoms with E-state index < -0.39 is 32.4 Å². The standard InChI is InChI=1S/C19H15N3O8S/c1-2-30-15-8-11(7-14(17(15)23)22(28)29)9-16-18(24)20(19(25)31-16)10-12-5-3-4-6-13(12)21(26)27/h3-9,23H,2,10H2,1H3/b16-9+. The van der Waals surface area contributed by atoms with E-state index >= 15 is 0 Å². The number of rotatable bonds is 7. The Hall–Kier alpha value is -3.93. The van der Waals surface area contributed by atoms with Crippen LogP contribution < -0.4 is 4.74 Å². The zero-order valence-electron chi connectivity index (χ0n) is 16.0. The van der Waals surface area contributed by atoms with E-state index in [1.165, 1.54) is 30.3 Å². The van der Waals surface area contributed by atoms with Crippen LogP contribution in [0.1, 0.15) is 18.1 Å². The number of hydrogen-bond donors (Lipinski definition) is 1. The number of benzene rings is 2. The van der Waals surface area contributed by atoms with Crippen LogP contribution in [0.15, 0.2) is 41.3 Å². The van der Waals surface area contributed by atoms with Crippen LogP contribution in [0.5, 0.6) is 11.5 Å². The van der Waals surface area contributed by atoms with Crippen LogP contribution in [0.4, 0.5) is 16.2 Å². The molecule has 1 N–H and O–H groups in total. The Morgan fingerprint density at radius 3 is 2.45 bits per heavy atom. The zero-order chi connectivity index (χ0) is 22.7. The molecule has 0 bridgehead atoms. The summed E-state index contributed by atoms with van der Waals surface area (Å²) in [5.74, 6) is -1.47. The number of amides is 2. The van der Waals surface area contributed by atoms with Crippen LogP contribution in [0, 0.1) is 20.2 Å². The van der Waals surface area contributed by atoms with Crippen molar-refractivity contribution in [3.63, 3.8) is 0 Å². The average molecular weight is 445 g/mol. The summed E-state index contributed by atoms with van der Waals surface area (Å²) in [6.07, 6.45) is 1.26. The lowest BCUT2D eigenvalue weighted by atomic mass is 10.1. The van der Waals surface area contributed by atoms with E-state index in [0.29, 0.717) is 11.8 Å². The lowest BCUT2D eigenvalue weighted by Gasteiger charge is -2.12. The van der Waals surface area contributed by atoms with Gasteiger partial charge in [-0.2, -0.15) is 0 Å². The number of nitro benzene ring substituents is 2. The van der Waals surface area contributed by atoms with Crippen LogP contribution in [-0.2, 0) is 11.3 Å². The Kier molecular flexibility index (Phi) is 6.20. The molecule has 0 unspecified atom stereocenters. The summed E-state index contributed by atoms with van der Waals surface area (Å²) >= 11 is 0.603. The molecule has 0 atom stereocenters. The van der Waals surface area contributed by atoms with E-state index in [1.807, 2.05) is 0 Å². The normalized spacial score (nSPS) is 14.9. The van der Waals surface area contributed by atoms with Gasteiger partial charge in [-0.05, 0) is 36.4 Å². The van der Waals surface area contributed by atoms with E-state index in [2.05, 4.69) is 0 Å². The Balaban J connectivity index is 1.94. The molecule has 0 saturated carbocycles. The Morgan fingerprint density at radius 2 is 1.81 bits per heavy atom. The molecule has 160 valence electrons. The molecule has 1 heterocycles. The highest BCUT2D eigenvalue weighted by atomic mass is 32.2. The van der Waals surface area contributed by atoms with Gasteiger partial charge in [0.05, 0.1) is 27.9 Å². The van der Waals surface area contributed by atoms with E-state index in [-0.39, 0.29) is 40.6 Å². The first-order valence-electron chi connectivity index (χ1n) is 8.84. The number of imide groups is 1. The monoisotopic (exact) mass is 445 g/mol. The van der Waals surface area contributed by atoms with Gasteiger partial charge in [-0.25, -0.2) is 0 Å². The molecule has 11 nitrogen and oxygen atoms in total. The topological polar surface area (TPSA) is 153 Å². The number of thioether (sulfide) groups is 1. The molecule has 0 aliphatic carbocycles. The molecule has 0 spiro atoms. The maximum Gasteiger partial charge on any atom is 0.315 e. The van der Waals surface area contributed by atoms with Crippen LogP contribution in [0.3, 0.4) is 0 Å². The molecule has 1 saturated heterocycles. The highest BCUT2D eigenvalue weighted by Gasteiger charge is 2.36. The summed E-state index contributed by atoms with van der Waals surface area (Å²) in [4.78, 5) is 46.9. The molecule has 1 aliphatic heterocycles. The van der Waals surface area contributed by atoms with Gasteiger partial charge in [-0.3, -0.25) is 34.7 Å². The lowest BCUT2D eigenvalue weighted by molar-refractivity contribution is -0.386. The summed E-state index contributed by atoms with van der Waals surface area (Å²) < 4.78 is 5.20. The number of phenols is 1. The van der Waals surface area contributed by atoms with Gasteiger partial charge in [0.15, 0.2) is 5.75 Å². The molecule has 31 heavy (non-hydrogen) atoms. The second kappa shape index (κ2) is 8.83. The molecule has 0 radical (unpaired) electrons. The molecule has 2 aromatic carbocycles. The van der Waals surface area contributed by atoms with Crippen molar-refractivity contribution in [3.8, 4) is 11.5 Å². The third kappa shape index (κ3) is 4.48. The third-order valence-electron chi connectivity index (χ3n) is 4.26. The van der Waals surface area contributed by atoms with E-state index in [9.17, 15) is 34.9 Å². The van der Waals surface area contributed by atoms with Crippen molar-refractivity contribution in [1.29, 1.82) is 0 Å². The molecule has 1 aliphatic rings. The predicted molar refractivity (Wildman–Crippen MR) is 111 cm³/mol. The first-order valence-corrected chi connectivity index (χ1v) is 9.66. The van der Waals surface area contributed by atoms with Gasteiger partial charge < -0.3 is 9.84 Å². The van der Waals surface area contributed by atoms with Gasteiger partial charge in [0.1, 0.15) is 0 Å². The molecule has 2 amide bonds. The van der Waals surface area contributed by atoms with Crippen molar-refractivity contribution in [2.24, 2.45) is 0 Å². The molecule has 2 aromatic rings. The first-order chi connectivity index (χ1) is 14.7. The van der Waals surface area contributed by atoms with Gasteiger partial charge in [-0.15, -0.1) is 0 Å². The highest BCUT2D eigenvalue weighted by molar-refractivity contribution is 8.18. The second-order valence-electron chi connectivity index (χ2n) is 6.23. The van der Waals surface area contributed by atoms with Crippen molar-refractivity contribution in [2.75, 3.05) is 6.61 Å². The van der Waals surface area contributed by atoms with E-state index in [0.717, 1.165) is 11.0 Å². The zero-order valence-corrected chi connectivity index (χ0v) is 16.8. The molecular weight excluding hydrogens is 430 g/mol. The SMILES string of the molecule is CCOc1cc(/C=C2/SC(=O)N(Cc3ccccc3[N+](=O)[O-])C2=O)cc([N+](=O)[O-])c1O. The number of para-hydroxylation sites is 1. The molecule has 0 aromatic heterocycles. The van der Waals surface area contributed by atoms with Crippen molar-refractivity contribution in [3.05, 3.63) is 72.7 Å². The first kappa shape index (κ1) is 21.8. The fraction of sp³-hybridized carbons (Fsp3) is 0.158. The average Bonchev–Trinajstić information content (AvgIpc) is 2.97. The minimum Gasteiger partial charge on any atom is -0.500 e. The van der Waals surface area contributed by atoms with Gasteiger partial charge in [0.25, 0.3) is 16.8 Å². The number of carbonyl (C=O) groups is 2. The summed E-state index contributed by atoms with van der Waals surface area (Å²) in [7, 11) is 0. The molecule has 1 fully saturated rings. The van der Waals surface area contributed by atoms with E-state index in [4.69, 9.17) is 4.74 Å². The van der Waals surface area contributed by atoms with E-state index in [1.54, 1.807) is 13.0 Å². The summed E-state index contributed by atoms with van der Waals surface area (Å²) in [5.41, 5.74) is -0.475. The van der Waals surface area contributed by atoms with Crippen molar-refractivity contribution in [2.45, 2.75) is 13.5 Å². The van der Waals surface area contributed by atoms with Crippen LogP contribution in [0.2, 0.25) is 0 Å². The minimum absolute atomic E-state index is 0.0222. The van der Waals surface area contributed by atoms with Gasteiger partial charge >= 0.3 is 5.69 Å². The van der Waals surface area contributed by atoms with Gasteiger partial charge in [0, 0.05) is 17.7 Å².